The van der Waals surface area contributed by atoms with E-state index in [4.69, 9.17) is 15.2 Å². The minimum Gasteiger partial charge on any atom is -0.495 e. The van der Waals surface area contributed by atoms with Crippen LogP contribution in [0, 0.1) is 0 Å². The normalized spacial score (nSPS) is 13.3. The summed E-state index contributed by atoms with van der Waals surface area (Å²) in [5.41, 5.74) is 9.81. The highest BCUT2D eigenvalue weighted by molar-refractivity contribution is 5.98. The number of rotatable bonds is 8. The quantitative estimate of drug-likeness (QED) is 0.337. The lowest BCUT2D eigenvalue weighted by atomic mass is 9.99. The number of anilines is 4. The van der Waals surface area contributed by atoms with Gasteiger partial charge in [-0.2, -0.15) is 4.98 Å². The zero-order chi connectivity index (χ0) is 28.2. The van der Waals surface area contributed by atoms with Crippen molar-refractivity contribution in [2.75, 3.05) is 31.3 Å². The van der Waals surface area contributed by atoms with Crippen LogP contribution in [0.4, 0.5) is 27.9 Å². The Bertz CT molecular complexity index is 1370. The molecule has 0 unspecified atom stereocenters. The van der Waals surface area contributed by atoms with Crippen molar-refractivity contribution in [3.63, 3.8) is 0 Å². The molecule has 11 heteroatoms. The maximum Gasteiger partial charge on any atom is 0.407 e. The van der Waals surface area contributed by atoms with Gasteiger partial charge >= 0.3 is 6.09 Å². The molecule has 206 valence electrons. The lowest BCUT2D eigenvalue weighted by Gasteiger charge is -2.26. The molecule has 0 saturated carbocycles. The molecule has 4 rings (SSSR count). The Morgan fingerprint density at radius 2 is 1.92 bits per heavy atom. The fraction of sp³-hybridized carbons (Fsp3) is 0.357. The number of nitrogens with two attached hydrogens (primary N) is 1. The second-order valence-corrected chi connectivity index (χ2v) is 10.4. The predicted octanol–water partition coefficient (Wildman–Crippen LogP) is 4.08. The Labute approximate surface area is 228 Å². The van der Waals surface area contributed by atoms with Crippen molar-refractivity contribution in [2.24, 2.45) is 5.73 Å². The lowest BCUT2D eigenvalue weighted by molar-refractivity contribution is 0.0523. The van der Waals surface area contributed by atoms with Crippen molar-refractivity contribution in [3.05, 3.63) is 64.8 Å². The molecule has 2 aromatic carbocycles. The monoisotopic (exact) mass is 533 g/mol. The van der Waals surface area contributed by atoms with Crippen molar-refractivity contribution in [1.29, 1.82) is 0 Å². The summed E-state index contributed by atoms with van der Waals surface area (Å²) >= 11 is 0. The highest BCUT2D eigenvalue weighted by atomic mass is 16.6. The first-order valence-corrected chi connectivity index (χ1v) is 12.7. The Kier molecular flexibility index (Phi) is 8.20. The number of hydrogen-bond donors (Lipinski definition) is 4. The number of fused-ring (bicyclic) bond motifs is 1. The molecule has 0 radical (unpaired) electrons. The Morgan fingerprint density at radius 1 is 1.13 bits per heavy atom. The third-order valence-electron chi connectivity index (χ3n) is 6.05. The number of primary amides is 1. The van der Waals surface area contributed by atoms with Crippen LogP contribution in [-0.2, 0) is 24.2 Å². The molecule has 2 amide bonds. The van der Waals surface area contributed by atoms with E-state index >= 15 is 0 Å². The predicted molar refractivity (Wildman–Crippen MR) is 150 cm³/mol. The molecule has 0 bridgehead atoms. The van der Waals surface area contributed by atoms with Crippen LogP contribution in [0.2, 0.25) is 0 Å². The molecule has 39 heavy (non-hydrogen) atoms. The van der Waals surface area contributed by atoms with Gasteiger partial charge in [-0.25, -0.2) is 9.78 Å². The lowest BCUT2D eigenvalue weighted by Crippen LogP contribution is -2.32. The van der Waals surface area contributed by atoms with Crippen LogP contribution in [0.1, 0.15) is 47.8 Å². The van der Waals surface area contributed by atoms with E-state index in [0.29, 0.717) is 11.4 Å². The second-order valence-electron chi connectivity index (χ2n) is 10.4. The molecule has 1 aliphatic heterocycles. The van der Waals surface area contributed by atoms with Gasteiger partial charge in [0, 0.05) is 31.5 Å². The molecular weight excluding hydrogens is 498 g/mol. The van der Waals surface area contributed by atoms with Crippen LogP contribution in [0.5, 0.6) is 5.75 Å². The smallest absolute Gasteiger partial charge is 0.407 e. The van der Waals surface area contributed by atoms with Gasteiger partial charge in [0.2, 0.25) is 5.95 Å². The number of benzene rings is 2. The molecule has 2 heterocycles. The molecule has 0 spiro atoms. The number of aromatic nitrogens is 2. The highest BCUT2D eigenvalue weighted by Crippen LogP contribution is 2.33. The van der Waals surface area contributed by atoms with E-state index in [2.05, 4.69) is 37.9 Å². The number of likely N-dealkylation sites (N-methyl/N-ethyl adjacent to an activating group) is 1. The molecule has 1 aromatic heterocycles. The molecule has 3 aromatic rings. The SMILES string of the molecule is COc1cc2c(cc1Nc1ncc(C(N)=O)c(Nc3cccc(CNC(=O)OC(C)(C)C)c3)n1)CN(C)CC2. The summed E-state index contributed by atoms with van der Waals surface area (Å²) in [6, 6.07) is 11.4. The van der Waals surface area contributed by atoms with E-state index in [9.17, 15) is 9.59 Å². The Morgan fingerprint density at radius 3 is 2.64 bits per heavy atom. The summed E-state index contributed by atoms with van der Waals surface area (Å²) in [5.74, 6) is 0.531. The zero-order valence-electron chi connectivity index (χ0n) is 22.9. The minimum absolute atomic E-state index is 0.136. The third kappa shape index (κ3) is 7.35. The molecule has 0 fully saturated rings. The summed E-state index contributed by atoms with van der Waals surface area (Å²) in [5, 5.41) is 9.12. The van der Waals surface area contributed by atoms with Crippen LogP contribution in [0.15, 0.2) is 42.6 Å². The molecule has 11 nitrogen and oxygen atoms in total. The van der Waals surface area contributed by atoms with Crippen molar-refractivity contribution in [3.8, 4) is 5.75 Å². The van der Waals surface area contributed by atoms with Crippen molar-refractivity contribution in [2.45, 2.75) is 45.9 Å². The third-order valence-corrected chi connectivity index (χ3v) is 6.05. The number of nitrogens with zero attached hydrogens (tertiary/aromatic N) is 3. The molecular formula is C28H35N7O4. The van der Waals surface area contributed by atoms with Crippen LogP contribution < -0.4 is 26.4 Å². The second kappa shape index (κ2) is 11.6. The first-order valence-electron chi connectivity index (χ1n) is 12.7. The first-order chi connectivity index (χ1) is 18.5. The van der Waals surface area contributed by atoms with Gasteiger partial charge < -0.3 is 36.1 Å². The van der Waals surface area contributed by atoms with Gasteiger partial charge in [-0.15, -0.1) is 0 Å². The van der Waals surface area contributed by atoms with E-state index in [0.717, 1.165) is 30.8 Å². The van der Waals surface area contributed by atoms with Gasteiger partial charge in [0.05, 0.1) is 12.8 Å². The molecule has 1 aliphatic rings. The van der Waals surface area contributed by atoms with E-state index in [1.54, 1.807) is 27.9 Å². The number of carbonyl (C=O) groups excluding carboxylic acids is 2. The van der Waals surface area contributed by atoms with E-state index < -0.39 is 17.6 Å². The van der Waals surface area contributed by atoms with Crippen LogP contribution in [0.25, 0.3) is 0 Å². The van der Waals surface area contributed by atoms with Gasteiger partial charge in [0.15, 0.2) is 0 Å². The van der Waals surface area contributed by atoms with Crippen LogP contribution in [0.3, 0.4) is 0 Å². The average molecular weight is 534 g/mol. The molecule has 0 saturated heterocycles. The van der Waals surface area contributed by atoms with Gasteiger partial charge in [0.25, 0.3) is 5.91 Å². The summed E-state index contributed by atoms with van der Waals surface area (Å²) in [7, 11) is 3.71. The molecule has 5 N–H and O–H groups in total. The molecule has 0 aliphatic carbocycles. The maximum atomic E-state index is 12.1. The topological polar surface area (TPSA) is 144 Å². The average Bonchev–Trinajstić information content (AvgIpc) is 2.86. The Hall–Kier alpha value is -4.38. The summed E-state index contributed by atoms with van der Waals surface area (Å²) in [6.07, 6.45) is 1.83. The van der Waals surface area contributed by atoms with Gasteiger partial charge in [0.1, 0.15) is 22.7 Å². The number of ether oxygens (including phenoxy) is 2. The van der Waals surface area contributed by atoms with E-state index in [1.165, 1.54) is 17.3 Å². The van der Waals surface area contributed by atoms with Gasteiger partial charge in [-0.3, -0.25) is 4.79 Å². The minimum atomic E-state index is -0.666. The highest BCUT2D eigenvalue weighted by Gasteiger charge is 2.19. The van der Waals surface area contributed by atoms with Crippen LogP contribution in [-0.4, -0.2) is 53.2 Å². The number of alkyl carbamates (subject to hydrolysis) is 1. The number of amides is 2. The number of nitrogens with one attached hydrogen (secondary N) is 3. The largest absolute Gasteiger partial charge is 0.495 e. The number of hydrogen-bond acceptors (Lipinski definition) is 9. The van der Waals surface area contributed by atoms with Crippen molar-refractivity contribution < 1.29 is 19.1 Å². The van der Waals surface area contributed by atoms with Crippen molar-refractivity contribution >= 4 is 35.1 Å². The maximum absolute atomic E-state index is 12.1. The zero-order valence-corrected chi connectivity index (χ0v) is 22.9. The standard InChI is InChI=1S/C28H35N7O4/c1-28(2,3)39-27(37)31-14-17-7-6-8-20(11-17)32-25-21(24(29)36)15-30-26(34-25)33-22-12-19-16-35(4)10-9-18(19)13-23(22)38-5/h6-8,11-13,15H,9-10,14,16H2,1-5H3,(H2,29,36)(H,31,37)(H2,30,32,33,34). The summed E-state index contributed by atoms with van der Waals surface area (Å²) < 4.78 is 10.9. The van der Waals surface area contributed by atoms with Gasteiger partial charge in [-0.05, 0) is 75.2 Å². The van der Waals surface area contributed by atoms with Crippen LogP contribution >= 0.6 is 0 Å². The number of carbonyl (C=O) groups is 2. The van der Waals surface area contributed by atoms with E-state index in [-0.39, 0.29) is 23.9 Å². The van der Waals surface area contributed by atoms with Gasteiger partial charge in [-0.1, -0.05) is 12.1 Å². The fourth-order valence-electron chi connectivity index (χ4n) is 4.22. The summed E-state index contributed by atoms with van der Waals surface area (Å²) in [6.45, 7) is 7.50. The van der Waals surface area contributed by atoms with E-state index in [1.807, 2.05) is 36.4 Å². The number of methoxy groups -OCH3 is 1. The fourth-order valence-corrected chi connectivity index (χ4v) is 4.22. The summed E-state index contributed by atoms with van der Waals surface area (Å²) in [4.78, 5) is 35.3. The van der Waals surface area contributed by atoms with Crippen molar-refractivity contribution in [1.82, 2.24) is 20.2 Å². The Balaban J connectivity index is 1.55. The first kappa shape index (κ1) is 27.6. The molecule has 0 atom stereocenters.